The van der Waals surface area contributed by atoms with Crippen molar-refractivity contribution in [3.05, 3.63) is 59.3 Å². The summed E-state index contributed by atoms with van der Waals surface area (Å²) in [6.45, 7) is 1.44. The van der Waals surface area contributed by atoms with E-state index in [9.17, 15) is 13.2 Å². The summed E-state index contributed by atoms with van der Waals surface area (Å²) in [6, 6.07) is 3.50. The molecule has 0 amide bonds. The Morgan fingerprint density at radius 3 is 2.59 bits per heavy atom. The van der Waals surface area contributed by atoms with E-state index >= 15 is 0 Å². The molecule has 11 nitrogen and oxygen atoms in total. The van der Waals surface area contributed by atoms with Crippen LogP contribution in [0.4, 0.5) is 30.6 Å². The zero-order valence-corrected chi connectivity index (χ0v) is 23.1. The molecule has 15 heteroatoms. The van der Waals surface area contributed by atoms with Crippen LogP contribution in [-0.4, -0.2) is 62.7 Å². The fourth-order valence-corrected chi connectivity index (χ4v) is 4.68. The van der Waals surface area contributed by atoms with Crippen molar-refractivity contribution in [2.45, 2.75) is 18.7 Å². The summed E-state index contributed by atoms with van der Waals surface area (Å²) in [6.07, 6.45) is 1.54. The number of aryl methyl sites for hydroxylation is 1. The summed E-state index contributed by atoms with van der Waals surface area (Å²) in [5.41, 5.74) is 6.06. The van der Waals surface area contributed by atoms with Crippen molar-refractivity contribution in [1.29, 1.82) is 0 Å². The first-order chi connectivity index (χ1) is 19.5. The smallest absolute Gasteiger partial charge is 0.416 e. The lowest BCUT2D eigenvalue weighted by molar-refractivity contribution is -0.137. The van der Waals surface area contributed by atoms with Gasteiger partial charge in [-0.25, -0.2) is 15.0 Å². The fourth-order valence-electron chi connectivity index (χ4n) is 4.39. The second kappa shape index (κ2) is 11.3. The van der Waals surface area contributed by atoms with Gasteiger partial charge in [0.1, 0.15) is 33.9 Å². The van der Waals surface area contributed by atoms with E-state index in [1.807, 2.05) is 7.05 Å². The molecule has 1 fully saturated rings. The average molecular weight is 590 g/mol. The first kappa shape index (κ1) is 28.2. The van der Waals surface area contributed by atoms with E-state index in [1.165, 1.54) is 30.9 Å². The number of ether oxygens (including phenoxy) is 2. The molecular weight excluding hydrogens is 563 g/mol. The van der Waals surface area contributed by atoms with Crippen LogP contribution in [0.15, 0.2) is 43.0 Å². The van der Waals surface area contributed by atoms with Crippen LogP contribution in [0.25, 0.3) is 16.9 Å². The van der Waals surface area contributed by atoms with Gasteiger partial charge in [0, 0.05) is 45.1 Å². The summed E-state index contributed by atoms with van der Waals surface area (Å²) >= 11 is 6.68. The number of imidazole rings is 1. The lowest BCUT2D eigenvalue weighted by Crippen LogP contribution is -2.21. The largest absolute Gasteiger partial charge is 0.489 e. The predicted molar refractivity (Wildman–Crippen MR) is 149 cm³/mol. The van der Waals surface area contributed by atoms with Crippen molar-refractivity contribution in [3.63, 3.8) is 0 Å². The van der Waals surface area contributed by atoms with Gasteiger partial charge in [-0.2, -0.15) is 18.2 Å². The molecule has 4 N–H and O–H groups in total. The van der Waals surface area contributed by atoms with E-state index < -0.39 is 11.7 Å². The van der Waals surface area contributed by atoms with Gasteiger partial charge in [-0.3, -0.25) is 0 Å². The Kier molecular flexibility index (Phi) is 7.78. The second-order valence-electron chi connectivity index (χ2n) is 9.43. The second-order valence-corrected chi connectivity index (χ2v) is 9.81. The van der Waals surface area contributed by atoms with Crippen molar-refractivity contribution < 1.29 is 22.6 Å². The van der Waals surface area contributed by atoms with Crippen molar-refractivity contribution in [2.75, 3.05) is 37.8 Å². The van der Waals surface area contributed by atoms with Crippen LogP contribution in [0, 0.1) is 0 Å². The number of fused-ring (bicyclic) bond motifs is 1. The molecule has 1 atom stereocenters. The molecule has 1 aliphatic rings. The van der Waals surface area contributed by atoms with Gasteiger partial charge < -0.3 is 35.3 Å². The number of likely N-dealkylation sites (tertiary alicyclic amines) is 1. The molecule has 1 saturated heterocycles. The third kappa shape index (κ3) is 6.07. The Bertz CT molecular complexity index is 1590. The standard InChI is InChI=1S/C26H27ClF3N9O2/c1-32-21-12-33-18(10-34-21)19(9-31)41-20-11-35-24-23(22(20)27)39(3)25(37-24)36-15-6-14(26(28,29)30)7-17(8-15)40-16-4-5-38(2)13-16/h6-12,16H,4-5,13,31H2,1-3H3,(H,32,34)(H,35,36,37)/t16-/m0/s1. The number of nitrogens with two attached hydrogens (primary N) is 1. The molecule has 4 aromatic rings. The quantitative estimate of drug-likeness (QED) is 0.250. The van der Waals surface area contributed by atoms with Crippen LogP contribution in [0.3, 0.4) is 0 Å². The van der Waals surface area contributed by atoms with E-state index in [0.29, 0.717) is 23.6 Å². The van der Waals surface area contributed by atoms with Crippen molar-refractivity contribution in [2.24, 2.45) is 12.8 Å². The Hall–Kier alpha value is -4.30. The summed E-state index contributed by atoms with van der Waals surface area (Å²) in [5.74, 6) is 1.24. The van der Waals surface area contributed by atoms with E-state index in [2.05, 4.69) is 35.5 Å². The minimum atomic E-state index is -4.57. The molecule has 0 saturated carbocycles. The van der Waals surface area contributed by atoms with E-state index in [4.69, 9.17) is 26.8 Å². The van der Waals surface area contributed by atoms with Crippen molar-refractivity contribution in [3.8, 4) is 11.5 Å². The lowest BCUT2D eigenvalue weighted by atomic mass is 10.1. The minimum Gasteiger partial charge on any atom is -0.489 e. The molecule has 0 radical (unpaired) electrons. The van der Waals surface area contributed by atoms with Gasteiger partial charge in [-0.15, -0.1) is 0 Å². The normalized spacial score (nSPS) is 16.3. The van der Waals surface area contributed by atoms with E-state index in [-0.39, 0.29) is 45.7 Å². The molecule has 216 valence electrons. The molecule has 41 heavy (non-hydrogen) atoms. The topological polar surface area (TPSA) is 128 Å². The van der Waals surface area contributed by atoms with E-state index in [0.717, 1.165) is 25.1 Å². The summed E-state index contributed by atoms with van der Waals surface area (Å²) < 4.78 is 54.5. The van der Waals surface area contributed by atoms with Crippen LogP contribution in [0.2, 0.25) is 5.02 Å². The first-order valence-corrected chi connectivity index (χ1v) is 12.9. The summed E-state index contributed by atoms with van der Waals surface area (Å²) in [5, 5.41) is 5.98. The number of nitrogens with one attached hydrogen (secondary N) is 2. The minimum absolute atomic E-state index is 0.111. The number of anilines is 3. The van der Waals surface area contributed by atoms with Crippen molar-refractivity contribution >= 4 is 46.0 Å². The maximum absolute atomic E-state index is 13.7. The van der Waals surface area contributed by atoms with Crippen molar-refractivity contribution in [1.82, 2.24) is 29.4 Å². The number of halogens is 4. The molecule has 1 aromatic carbocycles. The highest BCUT2D eigenvalue weighted by molar-refractivity contribution is 6.36. The summed E-state index contributed by atoms with van der Waals surface area (Å²) in [7, 11) is 5.30. The molecule has 1 aliphatic heterocycles. The molecule has 4 heterocycles. The number of likely N-dealkylation sites (N-methyl/N-ethyl adjacent to an activating group) is 1. The molecule has 5 rings (SSSR count). The van der Waals surface area contributed by atoms with Gasteiger partial charge in [0.2, 0.25) is 5.95 Å². The maximum Gasteiger partial charge on any atom is 0.416 e. The number of alkyl halides is 3. The third-order valence-electron chi connectivity index (χ3n) is 6.48. The van der Waals surface area contributed by atoms with Gasteiger partial charge in [-0.05, 0) is 25.6 Å². The number of nitrogens with zero attached hydrogens (tertiary/aromatic N) is 6. The van der Waals surface area contributed by atoms with Crippen LogP contribution < -0.4 is 25.8 Å². The number of aromatic nitrogens is 5. The predicted octanol–water partition coefficient (Wildman–Crippen LogP) is 4.63. The summed E-state index contributed by atoms with van der Waals surface area (Å²) in [4.78, 5) is 19.3. The van der Waals surface area contributed by atoms with Crippen LogP contribution in [0.1, 0.15) is 17.7 Å². The molecule has 0 unspecified atom stereocenters. The highest BCUT2D eigenvalue weighted by Crippen LogP contribution is 2.38. The van der Waals surface area contributed by atoms with Gasteiger partial charge in [0.15, 0.2) is 17.2 Å². The van der Waals surface area contributed by atoms with Crippen LogP contribution >= 0.6 is 11.6 Å². The highest BCUT2D eigenvalue weighted by Gasteiger charge is 2.32. The zero-order valence-electron chi connectivity index (χ0n) is 22.3. The average Bonchev–Trinajstić information content (AvgIpc) is 3.49. The molecule has 0 aliphatic carbocycles. The Labute approximate surface area is 238 Å². The third-order valence-corrected chi connectivity index (χ3v) is 6.84. The Morgan fingerprint density at radius 2 is 1.95 bits per heavy atom. The highest BCUT2D eigenvalue weighted by atomic mass is 35.5. The number of pyridine rings is 1. The Balaban J connectivity index is 1.44. The fraction of sp³-hybridized carbons (Fsp3) is 0.308. The monoisotopic (exact) mass is 589 g/mol. The lowest BCUT2D eigenvalue weighted by Gasteiger charge is -2.17. The van der Waals surface area contributed by atoms with Gasteiger partial charge in [0.05, 0.1) is 24.2 Å². The van der Waals surface area contributed by atoms with Gasteiger partial charge in [0.25, 0.3) is 0 Å². The molecule has 0 spiro atoms. The van der Waals surface area contributed by atoms with Crippen LogP contribution in [0.5, 0.6) is 11.5 Å². The molecule has 3 aromatic heterocycles. The first-order valence-electron chi connectivity index (χ1n) is 12.5. The number of hydrogen-bond acceptors (Lipinski definition) is 10. The van der Waals surface area contributed by atoms with Gasteiger partial charge in [-0.1, -0.05) is 11.6 Å². The Morgan fingerprint density at radius 1 is 1.15 bits per heavy atom. The number of hydrogen-bond donors (Lipinski definition) is 3. The van der Waals surface area contributed by atoms with E-state index in [1.54, 1.807) is 18.7 Å². The molecule has 0 bridgehead atoms. The van der Waals surface area contributed by atoms with Gasteiger partial charge >= 0.3 is 6.18 Å². The molecular formula is C26H27ClF3N9O2. The zero-order chi connectivity index (χ0) is 29.3. The SMILES string of the molecule is CNc1cnc(C(=CN)Oc2cnc3nc(Nc4cc(O[C@H]5CCN(C)C5)cc(C(F)(F)F)c4)n(C)c3c2Cl)cn1. The number of benzene rings is 1. The maximum atomic E-state index is 13.7. The number of rotatable bonds is 8. The van der Waals surface area contributed by atoms with Crippen LogP contribution in [-0.2, 0) is 13.2 Å².